The number of rotatable bonds is 6. The monoisotopic (exact) mass is 452 g/mol. The SMILES string of the molecule is CC(C)c1cc(-c2ccccc2)cc(-c2ccc(F)cc2)c1OC[C@H]1OC(=O)C[C@H](O)[C@H]1F. The predicted octanol–water partition coefficient (Wildman–Crippen LogP) is 5.68. The van der Waals surface area contributed by atoms with Crippen LogP contribution in [0.5, 0.6) is 5.75 Å². The van der Waals surface area contributed by atoms with Gasteiger partial charge in [0.05, 0.1) is 12.5 Å². The van der Waals surface area contributed by atoms with Gasteiger partial charge >= 0.3 is 5.97 Å². The molecule has 172 valence electrons. The normalized spacial score (nSPS) is 20.5. The summed E-state index contributed by atoms with van der Waals surface area (Å²) < 4.78 is 39.3. The molecule has 1 saturated heterocycles. The highest BCUT2D eigenvalue weighted by Gasteiger charge is 2.38. The second-order valence-corrected chi connectivity index (χ2v) is 8.52. The third kappa shape index (κ3) is 5.06. The van der Waals surface area contributed by atoms with E-state index in [4.69, 9.17) is 9.47 Å². The van der Waals surface area contributed by atoms with Crippen molar-refractivity contribution in [1.29, 1.82) is 0 Å². The van der Waals surface area contributed by atoms with Crippen molar-refractivity contribution >= 4 is 5.97 Å². The van der Waals surface area contributed by atoms with Gasteiger partial charge in [-0.2, -0.15) is 0 Å². The van der Waals surface area contributed by atoms with Crippen molar-refractivity contribution in [2.45, 2.75) is 44.6 Å². The minimum absolute atomic E-state index is 0.0588. The first kappa shape index (κ1) is 22.9. The summed E-state index contributed by atoms with van der Waals surface area (Å²) in [5.74, 6) is -0.441. The van der Waals surface area contributed by atoms with Gasteiger partial charge in [0.2, 0.25) is 0 Å². The fourth-order valence-electron chi connectivity index (χ4n) is 3.99. The summed E-state index contributed by atoms with van der Waals surface area (Å²) in [6.07, 6.45) is -4.73. The number of ether oxygens (including phenoxy) is 2. The molecule has 3 atom stereocenters. The second kappa shape index (κ2) is 9.71. The molecule has 3 aromatic rings. The molecule has 0 unspecified atom stereocenters. The molecule has 1 fully saturated rings. The summed E-state index contributed by atoms with van der Waals surface area (Å²) in [5.41, 5.74) is 4.33. The molecule has 0 radical (unpaired) electrons. The number of alkyl halides is 1. The standard InChI is InChI=1S/C27H26F2O4/c1-16(2)21-12-19(17-6-4-3-5-7-17)13-22(18-8-10-20(28)11-9-18)27(21)32-15-24-26(29)23(30)14-25(31)33-24/h3-13,16,23-24,26,30H,14-15H2,1-2H3/t23-,24+,26+/m0/s1. The highest BCUT2D eigenvalue weighted by atomic mass is 19.1. The number of carbonyl (C=O) groups excluding carboxylic acids is 1. The Hall–Kier alpha value is -3.25. The highest BCUT2D eigenvalue weighted by Crippen LogP contribution is 2.41. The zero-order chi connectivity index (χ0) is 23.5. The van der Waals surface area contributed by atoms with E-state index >= 15 is 0 Å². The van der Waals surface area contributed by atoms with Crippen LogP contribution in [0.4, 0.5) is 8.78 Å². The Morgan fingerprint density at radius 3 is 2.39 bits per heavy atom. The Balaban J connectivity index is 1.78. The minimum Gasteiger partial charge on any atom is -0.489 e. The fourth-order valence-corrected chi connectivity index (χ4v) is 3.99. The molecule has 33 heavy (non-hydrogen) atoms. The molecule has 6 heteroatoms. The summed E-state index contributed by atoms with van der Waals surface area (Å²) in [6, 6.07) is 19.9. The average Bonchev–Trinajstić information content (AvgIpc) is 2.81. The number of carbonyl (C=O) groups is 1. The summed E-state index contributed by atoms with van der Waals surface area (Å²) in [5, 5.41) is 9.81. The van der Waals surface area contributed by atoms with E-state index in [1.54, 1.807) is 12.1 Å². The smallest absolute Gasteiger partial charge is 0.309 e. The molecule has 0 spiro atoms. The topological polar surface area (TPSA) is 55.8 Å². The summed E-state index contributed by atoms with van der Waals surface area (Å²) in [6.45, 7) is 3.80. The lowest BCUT2D eigenvalue weighted by atomic mass is 9.90. The maximum atomic E-state index is 14.5. The van der Waals surface area contributed by atoms with Crippen LogP contribution in [-0.4, -0.2) is 36.1 Å². The number of aliphatic hydroxyl groups is 1. The predicted molar refractivity (Wildman–Crippen MR) is 122 cm³/mol. The van der Waals surface area contributed by atoms with Gasteiger partial charge in [-0.15, -0.1) is 0 Å². The third-order valence-corrected chi connectivity index (χ3v) is 5.78. The van der Waals surface area contributed by atoms with Gasteiger partial charge in [-0.3, -0.25) is 4.79 Å². The Labute approximate surface area is 191 Å². The Bertz CT molecular complexity index is 1110. The number of benzene rings is 3. The summed E-state index contributed by atoms with van der Waals surface area (Å²) in [4.78, 5) is 11.7. The van der Waals surface area contributed by atoms with Gasteiger partial charge in [0.1, 0.15) is 18.2 Å². The molecule has 3 aromatic carbocycles. The molecular formula is C27H26F2O4. The lowest BCUT2D eigenvalue weighted by Gasteiger charge is -2.30. The zero-order valence-electron chi connectivity index (χ0n) is 18.5. The molecule has 1 aliphatic heterocycles. The van der Waals surface area contributed by atoms with Crippen LogP contribution in [0, 0.1) is 5.82 Å². The zero-order valence-corrected chi connectivity index (χ0v) is 18.5. The van der Waals surface area contributed by atoms with E-state index in [0.29, 0.717) is 5.75 Å². The molecule has 1 heterocycles. The molecule has 4 nitrogen and oxygen atoms in total. The van der Waals surface area contributed by atoms with Crippen molar-refractivity contribution in [1.82, 2.24) is 0 Å². The molecule has 4 rings (SSSR count). The van der Waals surface area contributed by atoms with E-state index in [1.807, 2.05) is 56.3 Å². The van der Waals surface area contributed by atoms with E-state index in [1.165, 1.54) is 12.1 Å². The second-order valence-electron chi connectivity index (χ2n) is 8.52. The molecule has 0 saturated carbocycles. The average molecular weight is 452 g/mol. The van der Waals surface area contributed by atoms with E-state index in [2.05, 4.69) is 0 Å². The Kier molecular flexibility index (Phi) is 6.75. The van der Waals surface area contributed by atoms with Crippen molar-refractivity contribution in [2.75, 3.05) is 6.61 Å². The van der Waals surface area contributed by atoms with Gasteiger partial charge in [0.25, 0.3) is 0 Å². The van der Waals surface area contributed by atoms with Gasteiger partial charge in [0.15, 0.2) is 12.3 Å². The van der Waals surface area contributed by atoms with Crippen LogP contribution in [0.15, 0.2) is 66.7 Å². The molecule has 0 aliphatic carbocycles. The van der Waals surface area contributed by atoms with Crippen molar-refractivity contribution in [3.63, 3.8) is 0 Å². The maximum absolute atomic E-state index is 14.5. The van der Waals surface area contributed by atoms with Crippen LogP contribution in [0.2, 0.25) is 0 Å². The third-order valence-electron chi connectivity index (χ3n) is 5.78. The maximum Gasteiger partial charge on any atom is 0.309 e. The van der Waals surface area contributed by atoms with Gasteiger partial charge in [-0.25, -0.2) is 8.78 Å². The number of aliphatic hydroxyl groups excluding tert-OH is 1. The van der Waals surface area contributed by atoms with E-state index in [-0.39, 0.29) is 24.8 Å². The van der Waals surface area contributed by atoms with Crippen molar-refractivity contribution in [3.8, 4) is 28.0 Å². The first-order chi connectivity index (χ1) is 15.8. The number of hydrogen-bond donors (Lipinski definition) is 1. The summed E-state index contributed by atoms with van der Waals surface area (Å²) >= 11 is 0. The first-order valence-electron chi connectivity index (χ1n) is 11.0. The van der Waals surface area contributed by atoms with Gasteiger partial charge in [0, 0.05) is 5.56 Å². The number of esters is 1. The van der Waals surface area contributed by atoms with Crippen LogP contribution >= 0.6 is 0 Å². The first-order valence-corrected chi connectivity index (χ1v) is 11.0. The van der Waals surface area contributed by atoms with Gasteiger partial charge in [-0.05, 0) is 52.4 Å². The van der Waals surface area contributed by atoms with E-state index in [0.717, 1.165) is 27.8 Å². The Morgan fingerprint density at radius 2 is 1.73 bits per heavy atom. The molecule has 0 bridgehead atoms. The molecule has 0 amide bonds. The molecule has 1 N–H and O–H groups in total. The molecule has 0 aromatic heterocycles. The number of halogens is 2. The van der Waals surface area contributed by atoms with Crippen LogP contribution < -0.4 is 4.74 Å². The Morgan fingerprint density at radius 1 is 1.03 bits per heavy atom. The van der Waals surface area contributed by atoms with Crippen LogP contribution in [0.3, 0.4) is 0 Å². The lowest BCUT2D eigenvalue weighted by Crippen LogP contribution is -2.46. The number of cyclic esters (lactones) is 1. The fraction of sp³-hybridized carbons (Fsp3) is 0.296. The van der Waals surface area contributed by atoms with Crippen LogP contribution in [-0.2, 0) is 9.53 Å². The molecular weight excluding hydrogens is 426 g/mol. The largest absolute Gasteiger partial charge is 0.489 e. The quantitative estimate of drug-likeness (QED) is 0.489. The van der Waals surface area contributed by atoms with E-state index < -0.39 is 24.3 Å². The minimum atomic E-state index is -1.73. The van der Waals surface area contributed by atoms with Crippen LogP contribution in [0.1, 0.15) is 31.7 Å². The van der Waals surface area contributed by atoms with E-state index in [9.17, 15) is 18.7 Å². The van der Waals surface area contributed by atoms with Crippen molar-refractivity contribution in [2.24, 2.45) is 0 Å². The summed E-state index contributed by atoms with van der Waals surface area (Å²) in [7, 11) is 0. The number of hydrogen-bond acceptors (Lipinski definition) is 4. The van der Waals surface area contributed by atoms with Crippen molar-refractivity contribution < 1.29 is 28.2 Å². The van der Waals surface area contributed by atoms with Gasteiger partial charge in [-0.1, -0.05) is 56.3 Å². The highest BCUT2D eigenvalue weighted by molar-refractivity contribution is 5.80. The van der Waals surface area contributed by atoms with Crippen molar-refractivity contribution in [3.05, 3.63) is 78.1 Å². The lowest BCUT2D eigenvalue weighted by molar-refractivity contribution is -0.172. The van der Waals surface area contributed by atoms with Gasteiger partial charge < -0.3 is 14.6 Å². The van der Waals surface area contributed by atoms with Crippen LogP contribution in [0.25, 0.3) is 22.3 Å². The molecule has 1 aliphatic rings.